The standard InChI is InChI=1S/C21H23ClN2O2/c22-17-8-6-16(7-9-17)20(23-18-4-2-1-3-5-18)21(25)26-19-14-24-12-10-15(19)11-13-24/h1-9,15,19-20,23H,10-14H2/t19-,20?/m0/s1. The first-order chi connectivity index (χ1) is 12.7. The highest BCUT2D eigenvalue weighted by molar-refractivity contribution is 6.30. The van der Waals surface area contributed by atoms with E-state index in [0.717, 1.165) is 43.7 Å². The molecule has 3 fully saturated rings. The summed E-state index contributed by atoms with van der Waals surface area (Å²) in [5.41, 5.74) is 1.74. The molecule has 1 N–H and O–H groups in total. The van der Waals surface area contributed by atoms with Gasteiger partial charge >= 0.3 is 5.97 Å². The zero-order valence-corrected chi connectivity index (χ0v) is 15.4. The molecule has 3 heterocycles. The van der Waals surface area contributed by atoms with E-state index in [0.29, 0.717) is 10.9 Å². The Morgan fingerprint density at radius 3 is 2.38 bits per heavy atom. The fourth-order valence-electron chi connectivity index (χ4n) is 3.90. The van der Waals surface area contributed by atoms with Crippen molar-refractivity contribution < 1.29 is 9.53 Å². The molecule has 2 aromatic carbocycles. The Balaban J connectivity index is 1.53. The number of ether oxygens (including phenoxy) is 1. The highest BCUT2D eigenvalue weighted by Gasteiger charge is 2.37. The maximum Gasteiger partial charge on any atom is 0.333 e. The van der Waals surface area contributed by atoms with E-state index in [4.69, 9.17) is 16.3 Å². The van der Waals surface area contributed by atoms with Gasteiger partial charge in [0.2, 0.25) is 0 Å². The van der Waals surface area contributed by atoms with Gasteiger partial charge in [-0.3, -0.25) is 4.90 Å². The number of carbonyl (C=O) groups is 1. The molecule has 3 saturated heterocycles. The molecule has 5 rings (SSSR count). The summed E-state index contributed by atoms with van der Waals surface area (Å²) >= 11 is 6.01. The summed E-state index contributed by atoms with van der Waals surface area (Å²) in [4.78, 5) is 15.4. The van der Waals surface area contributed by atoms with E-state index >= 15 is 0 Å². The van der Waals surface area contributed by atoms with Crippen LogP contribution in [-0.2, 0) is 9.53 Å². The second-order valence-corrected chi connectivity index (χ2v) is 7.54. The third-order valence-electron chi connectivity index (χ3n) is 5.39. The lowest BCUT2D eigenvalue weighted by molar-refractivity contribution is -0.159. The number of rotatable bonds is 5. The van der Waals surface area contributed by atoms with E-state index in [1.165, 1.54) is 0 Å². The first kappa shape index (κ1) is 17.4. The number of anilines is 1. The van der Waals surface area contributed by atoms with Crippen molar-refractivity contribution in [2.75, 3.05) is 25.0 Å². The predicted molar refractivity (Wildman–Crippen MR) is 103 cm³/mol. The van der Waals surface area contributed by atoms with Crippen LogP contribution in [-0.4, -0.2) is 36.6 Å². The molecule has 0 aliphatic carbocycles. The van der Waals surface area contributed by atoms with Gasteiger partial charge in [-0.1, -0.05) is 41.9 Å². The SMILES string of the molecule is O=C(O[C@H]1CN2CCC1CC2)C(Nc1ccccc1)c1ccc(Cl)cc1. The summed E-state index contributed by atoms with van der Waals surface area (Å²) in [5, 5.41) is 3.97. The van der Waals surface area contributed by atoms with Crippen molar-refractivity contribution >= 4 is 23.3 Å². The average Bonchev–Trinajstić information content (AvgIpc) is 2.69. The Hall–Kier alpha value is -2.04. The van der Waals surface area contributed by atoms with Gasteiger partial charge in [-0.25, -0.2) is 4.79 Å². The number of benzene rings is 2. The summed E-state index contributed by atoms with van der Waals surface area (Å²) in [6.45, 7) is 3.11. The van der Waals surface area contributed by atoms with E-state index in [9.17, 15) is 4.79 Å². The maximum absolute atomic E-state index is 13.0. The summed E-state index contributed by atoms with van der Waals surface area (Å²) < 4.78 is 5.97. The van der Waals surface area contributed by atoms with Gasteiger partial charge < -0.3 is 10.1 Å². The van der Waals surface area contributed by atoms with E-state index < -0.39 is 6.04 Å². The number of halogens is 1. The number of esters is 1. The Labute approximate surface area is 159 Å². The fraction of sp³-hybridized carbons (Fsp3) is 0.381. The van der Waals surface area contributed by atoms with Gasteiger partial charge in [0.05, 0.1) is 0 Å². The van der Waals surface area contributed by atoms with Crippen LogP contribution in [0.2, 0.25) is 5.02 Å². The van der Waals surface area contributed by atoms with Gasteiger partial charge in [0.25, 0.3) is 0 Å². The van der Waals surface area contributed by atoms with E-state index in [1.807, 2.05) is 42.5 Å². The van der Waals surface area contributed by atoms with Gasteiger partial charge in [0.1, 0.15) is 6.10 Å². The molecule has 3 aliphatic heterocycles. The Morgan fingerprint density at radius 2 is 1.77 bits per heavy atom. The molecule has 136 valence electrons. The summed E-state index contributed by atoms with van der Waals surface area (Å²) in [5.74, 6) is 0.265. The molecule has 0 spiro atoms. The minimum atomic E-state index is -0.551. The Bertz CT molecular complexity index is 742. The summed E-state index contributed by atoms with van der Waals surface area (Å²) in [6.07, 6.45) is 2.24. The lowest BCUT2D eigenvalue weighted by Crippen LogP contribution is -2.52. The van der Waals surface area contributed by atoms with Gasteiger partial charge in [0, 0.05) is 17.3 Å². The van der Waals surface area contributed by atoms with Gasteiger partial charge in [-0.2, -0.15) is 0 Å². The van der Waals surface area contributed by atoms with Crippen LogP contribution in [0.15, 0.2) is 54.6 Å². The van der Waals surface area contributed by atoms with Crippen molar-refractivity contribution in [1.82, 2.24) is 4.90 Å². The highest BCUT2D eigenvalue weighted by atomic mass is 35.5. The number of para-hydroxylation sites is 1. The van der Waals surface area contributed by atoms with Crippen LogP contribution in [0.4, 0.5) is 5.69 Å². The highest BCUT2D eigenvalue weighted by Crippen LogP contribution is 2.31. The molecule has 2 atom stereocenters. The van der Waals surface area contributed by atoms with Crippen molar-refractivity contribution in [2.45, 2.75) is 25.0 Å². The van der Waals surface area contributed by atoms with E-state index in [-0.39, 0.29) is 12.1 Å². The number of hydrogen-bond acceptors (Lipinski definition) is 4. The lowest BCUT2D eigenvalue weighted by Gasteiger charge is -2.44. The number of nitrogens with zero attached hydrogens (tertiary/aromatic N) is 1. The molecule has 5 heteroatoms. The monoisotopic (exact) mass is 370 g/mol. The minimum absolute atomic E-state index is 0.00243. The molecule has 4 nitrogen and oxygen atoms in total. The van der Waals surface area contributed by atoms with Gasteiger partial charge in [0.15, 0.2) is 6.04 Å². The van der Waals surface area contributed by atoms with Crippen LogP contribution >= 0.6 is 11.6 Å². The van der Waals surface area contributed by atoms with Crippen LogP contribution < -0.4 is 5.32 Å². The number of carbonyl (C=O) groups excluding carboxylic acids is 1. The quantitative estimate of drug-likeness (QED) is 0.803. The first-order valence-electron chi connectivity index (χ1n) is 9.19. The number of hydrogen-bond donors (Lipinski definition) is 1. The van der Waals surface area contributed by atoms with Crippen molar-refractivity contribution in [3.8, 4) is 0 Å². The van der Waals surface area contributed by atoms with Crippen LogP contribution in [0.25, 0.3) is 0 Å². The van der Waals surface area contributed by atoms with Crippen molar-refractivity contribution in [1.29, 1.82) is 0 Å². The number of fused-ring (bicyclic) bond motifs is 3. The summed E-state index contributed by atoms with van der Waals surface area (Å²) in [6, 6.07) is 16.5. The number of piperidine rings is 3. The average molecular weight is 371 g/mol. The predicted octanol–water partition coefficient (Wildman–Crippen LogP) is 4.13. The largest absolute Gasteiger partial charge is 0.459 e. The lowest BCUT2D eigenvalue weighted by atomic mass is 9.86. The molecule has 0 radical (unpaired) electrons. The van der Waals surface area contributed by atoms with Crippen molar-refractivity contribution in [2.24, 2.45) is 5.92 Å². The van der Waals surface area contributed by atoms with Gasteiger partial charge in [-0.15, -0.1) is 0 Å². The van der Waals surface area contributed by atoms with E-state index in [1.54, 1.807) is 12.1 Å². The molecule has 0 aromatic heterocycles. The zero-order valence-electron chi connectivity index (χ0n) is 14.6. The molecular formula is C21H23ClN2O2. The molecule has 3 aliphatic rings. The first-order valence-corrected chi connectivity index (χ1v) is 9.57. The van der Waals surface area contributed by atoms with Crippen LogP contribution in [0.5, 0.6) is 0 Å². The molecule has 1 unspecified atom stereocenters. The van der Waals surface area contributed by atoms with Crippen molar-refractivity contribution in [3.05, 3.63) is 65.2 Å². The minimum Gasteiger partial charge on any atom is -0.459 e. The Kier molecular flexibility index (Phi) is 5.14. The van der Waals surface area contributed by atoms with Crippen LogP contribution in [0.3, 0.4) is 0 Å². The number of nitrogens with one attached hydrogen (secondary N) is 1. The molecule has 26 heavy (non-hydrogen) atoms. The van der Waals surface area contributed by atoms with Gasteiger partial charge in [-0.05, 0) is 61.7 Å². The maximum atomic E-state index is 13.0. The fourth-order valence-corrected chi connectivity index (χ4v) is 4.02. The molecule has 2 bridgehead atoms. The smallest absolute Gasteiger partial charge is 0.333 e. The third-order valence-corrected chi connectivity index (χ3v) is 5.64. The molecule has 0 amide bonds. The second-order valence-electron chi connectivity index (χ2n) is 7.11. The van der Waals surface area contributed by atoms with Crippen LogP contribution in [0.1, 0.15) is 24.4 Å². The zero-order chi connectivity index (χ0) is 17.9. The van der Waals surface area contributed by atoms with E-state index in [2.05, 4.69) is 10.2 Å². The normalized spacial score (nSPS) is 25.5. The van der Waals surface area contributed by atoms with Crippen LogP contribution in [0, 0.1) is 5.92 Å². The van der Waals surface area contributed by atoms with Crippen molar-refractivity contribution in [3.63, 3.8) is 0 Å². The molecule has 2 aromatic rings. The second kappa shape index (κ2) is 7.68. The summed E-state index contributed by atoms with van der Waals surface area (Å²) in [7, 11) is 0. The molecule has 0 saturated carbocycles. The Morgan fingerprint density at radius 1 is 1.08 bits per heavy atom. The third kappa shape index (κ3) is 3.87. The molecular weight excluding hydrogens is 348 g/mol. The topological polar surface area (TPSA) is 41.6 Å².